The molecule has 0 bridgehead atoms. The Morgan fingerprint density at radius 2 is 1.39 bits per heavy atom. The number of carbonyl (C=O) groups excluding carboxylic acids is 3. The van der Waals surface area contributed by atoms with Gasteiger partial charge >= 0.3 is 5.97 Å². The highest BCUT2D eigenvalue weighted by Gasteiger charge is 2.12. The molecule has 0 aliphatic carbocycles. The highest BCUT2D eigenvalue weighted by molar-refractivity contribution is 5.91. The molecule has 0 aromatic heterocycles. The zero-order valence-corrected chi connectivity index (χ0v) is 20.4. The van der Waals surface area contributed by atoms with Gasteiger partial charge in [-0.2, -0.15) is 0 Å². The van der Waals surface area contributed by atoms with Crippen molar-refractivity contribution in [1.82, 2.24) is 5.32 Å². The number of hydrogen-bond acceptors (Lipinski definition) is 6. The molecule has 0 fully saturated rings. The zero-order valence-electron chi connectivity index (χ0n) is 20.4. The minimum atomic E-state index is -0.523. The Kier molecular flexibility index (Phi) is 9.88. The molecule has 0 saturated heterocycles. The molecule has 0 saturated carbocycles. The lowest BCUT2D eigenvalue weighted by Gasteiger charge is -2.14. The molecule has 0 unspecified atom stereocenters. The molecule has 0 aliphatic rings. The second kappa shape index (κ2) is 13.5. The van der Waals surface area contributed by atoms with E-state index in [-0.39, 0.29) is 37.3 Å². The number of nitrogens with one attached hydrogen (secondary N) is 2. The Bertz CT molecular complexity index is 1130. The van der Waals surface area contributed by atoms with Gasteiger partial charge in [0.1, 0.15) is 17.2 Å². The molecule has 188 valence electrons. The highest BCUT2D eigenvalue weighted by atomic mass is 16.5. The second-order valence-electron chi connectivity index (χ2n) is 8.06. The molecular formula is C28H30N2O6. The van der Waals surface area contributed by atoms with Crippen LogP contribution in [0.15, 0.2) is 78.9 Å². The van der Waals surface area contributed by atoms with Crippen molar-refractivity contribution in [1.29, 1.82) is 0 Å². The van der Waals surface area contributed by atoms with Crippen LogP contribution in [0.4, 0.5) is 5.69 Å². The summed E-state index contributed by atoms with van der Waals surface area (Å²) >= 11 is 0. The van der Waals surface area contributed by atoms with Crippen molar-refractivity contribution in [2.75, 3.05) is 19.0 Å². The lowest BCUT2D eigenvalue weighted by molar-refractivity contribution is -0.148. The zero-order chi connectivity index (χ0) is 25.8. The summed E-state index contributed by atoms with van der Waals surface area (Å²) in [4.78, 5) is 36.1. The smallest absolute Gasteiger partial charge is 0.306 e. The van der Waals surface area contributed by atoms with Crippen LogP contribution in [0.1, 0.15) is 37.8 Å². The number of methoxy groups -OCH3 is 1. The molecular weight excluding hydrogens is 460 g/mol. The number of carbonyl (C=O) groups is 3. The normalized spacial score (nSPS) is 11.2. The molecule has 36 heavy (non-hydrogen) atoms. The Morgan fingerprint density at radius 1 is 0.778 bits per heavy atom. The minimum absolute atomic E-state index is 0.0452. The van der Waals surface area contributed by atoms with E-state index in [1.807, 2.05) is 37.3 Å². The van der Waals surface area contributed by atoms with Gasteiger partial charge in [-0.05, 0) is 67.4 Å². The topological polar surface area (TPSA) is 103 Å². The molecule has 0 aliphatic heterocycles. The number of rotatable bonds is 12. The Hall–Kier alpha value is -4.33. The Balaban J connectivity index is 1.31. The molecule has 3 rings (SSSR count). The summed E-state index contributed by atoms with van der Waals surface area (Å²) in [5.41, 5.74) is 1.58. The first-order valence-electron chi connectivity index (χ1n) is 11.6. The first-order chi connectivity index (χ1) is 17.4. The summed E-state index contributed by atoms with van der Waals surface area (Å²) in [5, 5.41) is 5.56. The van der Waals surface area contributed by atoms with Crippen molar-refractivity contribution in [3.8, 4) is 17.2 Å². The standard InChI is InChI=1S/C28H30N2O6/c1-20(21-7-4-3-5-8-21)29-27(32)19-35-28(33)10-6-9-26(31)30-22-11-13-24(14-12-22)36-25-17-15-23(34-2)16-18-25/h3-5,7-8,11-18,20H,6,9-10,19H2,1-2H3,(H,29,32)(H,30,31)/t20-/m0/s1. The van der Waals surface area contributed by atoms with Crippen molar-refractivity contribution in [3.05, 3.63) is 84.4 Å². The van der Waals surface area contributed by atoms with Crippen LogP contribution in [0.25, 0.3) is 0 Å². The van der Waals surface area contributed by atoms with Gasteiger partial charge < -0.3 is 24.8 Å². The van der Waals surface area contributed by atoms with E-state index in [2.05, 4.69) is 10.6 Å². The summed E-state index contributed by atoms with van der Waals surface area (Å²) in [5.74, 6) is 0.918. The summed E-state index contributed by atoms with van der Waals surface area (Å²) in [6.07, 6.45) is 0.505. The summed E-state index contributed by atoms with van der Waals surface area (Å²) in [6, 6.07) is 23.5. The number of benzene rings is 3. The maximum atomic E-state index is 12.2. The van der Waals surface area contributed by atoms with Crippen molar-refractivity contribution in [2.45, 2.75) is 32.2 Å². The van der Waals surface area contributed by atoms with E-state index in [9.17, 15) is 14.4 Å². The van der Waals surface area contributed by atoms with Crippen LogP contribution in [-0.2, 0) is 19.1 Å². The van der Waals surface area contributed by atoms with Crippen LogP contribution in [0, 0.1) is 0 Å². The third kappa shape index (κ3) is 8.79. The van der Waals surface area contributed by atoms with Gasteiger partial charge in [0.2, 0.25) is 5.91 Å². The number of esters is 1. The number of ether oxygens (including phenoxy) is 3. The third-order valence-corrected chi connectivity index (χ3v) is 5.26. The summed E-state index contributed by atoms with van der Waals surface area (Å²) in [6.45, 7) is 1.50. The third-order valence-electron chi connectivity index (χ3n) is 5.26. The average Bonchev–Trinajstić information content (AvgIpc) is 2.89. The monoisotopic (exact) mass is 490 g/mol. The van der Waals surface area contributed by atoms with Gasteiger partial charge in [0.25, 0.3) is 5.91 Å². The molecule has 0 spiro atoms. The molecule has 0 radical (unpaired) electrons. The summed E-state index contributed by atoms with van der Waals surface area (Å²) in [7, 11) is 1.60. The van der Waals surface area contributed by atoms with Crippen molar-refractivity contribution >= 4 is 23.5 Å². The molecule has 8 nitrogen and oxygen atoms in total. The maximum Gasteiger partial charge on any atom is 0.306 e. The van der Waals surface area contributed by atoms with E-state index < -0.39 is 5.97 Å². The fourth-order valence-electron chi connectivity index (χ4n) is 3.33. The van der Waals surface area contributed by atoms with Gasteiger partial charge in [-0.3, -0.25) is 14.4 Å². The lowest BCUT2D eigenvalue weighted by atomic mass is 10.1. The van der Waals surface area contributed by atoms with Crippen LogP contribution in [-0.4, -0.2) is 31.5 Å². The van der Waals surface area contributed by atoms with Crippen LogP contribution >= 0.6 is 0 Å². The van der Waals surface area contributed by atoms with Crippen LogP contribution in [0.5, 0.6) is 17.2 Å². The predicted molar refractivity (Wildman–Crippen MR) is 136 cm³/mol. The molecule has 0 heterocycles. The lowest BCUT2D eigenvalue weighted by Crippen LogP contribution is -2.31. The number of hydrogen-bond donors (Lipinski definition) is 2. The van der Waals surface area contributed by atoms with E-state index in [1.54, 1.807) is 55.6 Å². The average molecular weight is 491 g/mol. The molecule has 3 aromatic rings. The van der Waals surface area contributed by atoms with Gasteiger partial charge in [-0.1, -0.05) is 30.3 Å². The van der Waals surface area contributed by atoms with Crippen LogP contribution < -0.4 is 20.1 Å². The van der Waals surface area contributed by atoms with Gasteiger partial charge in [-0.15, -0.1) is 0 Å². The van der Waals surface area contributed by atoms with Gasteiger partial charge in [0.15, 0.2) is 6.61 Å². The maximum absolute atomic E-state index is 12.2. The SMILES string of the molecule is COc1ccc(Oc2ccc(NC(=O)CCCC(=O)OCC(=O)N[C@@H](C)c3ccccc3)cc2)cc1. The van der Waals surface area contributed by atoms with E-state index in [1.165, 1.54) is 0 Å². The van der Waals surface area contributed by atoms with E-state index in [0.717, 1.165) is 11.3 Å². The van der Waals surface area contributed by atoms with Crippen molar-refractivity contribution < 1.29 is 28.6 Å². The Morgan fingerprint density at radius 3 is 2.03 bits per heavy atom. The van der Waals surface area contributed by atoms with Crippen LogP contribution in [0.2, 0.25) is 0 Å². The van der Waals surface area contributed by atoms with Crippen LogP contribution in [0.3, 0.4) is 0 Å². The first-order valence-corrected chi connectivity index (χ1v) is 11.6. The molecule has 1 atom stereocenters. The van der Waals surface area contributed by atoms with Gasteiger partial charge in [0, 0.05) is 18.5 Å². The van der Waals surface area contributed by atoms with Gasteiger partial charge in [-0.25, -0.2) is 0 Å². The quantitative estimate of drug-likeness (QED) is 0.346. The molecule has 2 N–H and O–H groups in total. The summed E-state index contributed by atoms with van der Waals surface area (Å²) < 4.78 is 15.9. The highest BCUT2D eigenvalue weighted by Crippen LogP contribution is 2.25. The molecule has 3 aromatic carbocycles. The second-order valence-corrected chi connectivity index (χ2v) is 8.06. The first kappa shape index (κ1) is 26.3. The van der Waals surface area contributed by atoms with E-state index >= 15 is 0 Å². The number of amides is 2. The fourth-order valence-corrected chi connectivity index (χ4v) is 3.33. The van der Waals surface area contributed by atoms with E-state index in [0.29, 0.717) is 23.6 Å². The van der Waals surface area contributed by atoms with Gasteiger partial charge in [0.05, 0.1) is 13.2 Å². The van der Waals surface area contributed by atoms with E-state index in [4.69, 9.17) is 14.2 Å². The Labute approximate surface area is 210 Å². The largest absolute Gasteiger partial charge is 0.497 e. The molecule has 2 amide bonds. The predicted octanol–water partition coefficient (Wildman–Crippen LogP) is 5.02. The minimum Gasteiger partial charge on any atom is -0.497 e. The fraction of sp³-hybridized carbons (Fsp3) is 0.250. The van der Waals surface area contributed by atoms with Crippen molar-refractivity contribution in [3.63, 3.8) is 0 Å². The molecule has 8 heteroatoms. The van der Waals surface area contributed by atoms with Crippen molar-refractivity contribution in [2.24, 2.45) is 0 Å². The number of anilines is 1.